The van der Waals surface area contributed by atoms with E-state index in [-0.39, 0.29) is 0 Å². The summed E-state index contributed by atoms with van der Waals surface area (Å²) in [4.78, 5) is 0. The van der Waals surface area contributed by atoms with Crippen LogP contribution >= 0.6 is 0 Å². The zero-order chi connectivity index (χ0) is 15.5. The fourth-order valence-electron chi connectivity index (χ4n) is 3.12. The minimum Gasteiger partial charge on any atom is -0.379 e. The van der Waals surface area contributed by atoms with Crippen molar-refractivity contribution < 1.29 is 4.74 Å². The molecule has 2 aliphatic heterocycles. The second-order valence-corrected chi connectivity index (χ2v) is 6.12. The highest BCUT2D eigenvalue weighted by Crippen LogP contribution is 2.15. The van der Waals surface area contributed by atoms with Gasteiger partial charge in [-0.1, -0.05) is 6.08 Å². The highest BCUT2D eigenvalue weighted by atomic mass is 16.5. The predicted molar refractivity (Wildman–Crippen MR) is 86.3 cm³/mol. The molecule has 0 aliphatic carbocycles. The van der Waals surface area contributed by atoms with Crippen molar-refractivity contribution in [2.45, 2.75) is 38.8 Å². The van der Waals surface area contributed by atoms with Crippen LogP contribution in [0.3, 0.4) is 0 Å². The third kappa shape index (κ3) is 3.29. The summed E-state index contributed by atoms with van der Waals surface area (Å²) in [7, 11) is 0. The zero-order valence-corrected chi connectivity index (χ0v) is 13.2. The van der Waals surface area contributed by atoms with Crippen LogP contribution in [0.2, 0.25) is 0 Å². The summed E-state index contributed by atoms with van der Waals surface area (Å²) in [6, 6.07) is 0. The molecule has 122 valence electrons. The number of nitrogens with one attached hydrogen (secondary N) is 1. The minimum absolute atomic E-state index is 0.667. The molecule has 0 unspecified atom stereocenters. The van der Waals surface area contributed by atoms with Gasteiger partial charge in [0.1, 0.15) is 12.4 Å². The van der Waals surface area contributed by atoms with E-state index in [1.807, 2.05) is 17.1 Å². The molecule has 7 nitrogen and oxygen atoms in total. The van der Waals surface area contributed by atoms with Gasteiger partial charge in [0, 0.05) is 25.7 Å². The first-order valence-electron chi connectivity index (χ1n) is 8.31. The number of nitrogens with zero attached hydrogens (tertiary/aromatic N) is 5. The van der Waals surface area contributed by atoms with E-state index in [1.54, 1.807) is 0 Å². The summed E-state index contributed by atoms with van der Waals surface area (Å²) in [5, 5.41) is 16.4. The maximum absolute atomic E-state index is 5.45. The lowest BCUT2D eigenvalue weighted by molar-refractivity contribution is 0.150. The van der Waals surface area contributed by atoms with Crippen LogP contribution in [0.4, 0.5) is 5.69 Å². The summed E-state index contributed by atoms with van der Waals surface area (Å²) >= 11 is 0. The van der Waals surface area contributed by atoms with Crippen molar-refractivity contribution in [1.82, 2.24) is 24.5 Å². The SMILES string of the molecule is C1=C(CNc2cnn(Cc3nnc4n3CCCC4)c2)COCC1. The Kier molecular flexibility index (Phi) is 4.10. The summed E-state index contributed by atoms with van der Waals surface area (Å²) < 4.78 is 9.61. The molecule has 2 aromatic heterocycles. The number of ether oxygens (including phenoxy) is 1. The largest absolute Gasteiger partial charge is 0.379 e. The average molecular weight is 314 g/mol. The molecule has 0 bridgehead atoms. The molecule has 4 heterocycles. The number of hydrogen-bond acceptors (Lipinski definition) is 5. The molecule has 7 heteroatoms. The molecule has 0 radical (unpaired) electrons. The number of fused-ring (bicyclic) bond motifs is 1. The molecule has 1 N–H and O–H groups in total. The van der Waals surface area contributed by atoms with Crippen LogP contribution in [0.5, 0.6) is 0 Å². The van der Waals surface area contributed by atoms with E-state index in [0.717, 1.165) is 56.5 Å². The molecule has 0 amide bonds. The Balaban J connectivity index is 1.38. The summed E-state index contributed by atoms with van der Waals surface area (Å²) in [5.74, 6) is 2.11. The Morgan fingerprint density at radius 2 is 2.26 bits per heavy atom. The Morgan fingerprint density at radius 3 is 3.17 bits per heavy atom. The lowest BCUT2D eigenvalue weighted by atomic mass is 10.2. The fraction of sp³-hybridized carbons (Fsp3) is 0.562. The molecule has 0 saturated heterocycles. The van der Waals surface area contributed by atoms with Gasteiger partial charge in [0.05, 0.1) is 25.1 Å². The normalized spacial score (nSPS) is 17.7. The van der Waals surface area contributed by atoms with Crippen molar-refractivity contribution in [2.75, 3.05) is 25.1 Å². The average Bonchev–Trinajstić information content (AvgIpc) is 3.22. The van der Waals surface area contributed by atoms with Gasteiger partial charge in [-0.3, -0.25) is 4.68 Å². The number of hydrogen-bond donors (Lipinski definition) is 1. The molecule has 4 rings (SSSR count). The first kappa shape index (κ1) is 14.4. The molecule has 2 aliphatic rings. The van der Waals surface area contributed by atoms with Gasteiger partial charge >= 0.3 is 0 Å². The highest BCUT2D eigenvalue weighted by Gasteiger charge is 2.16. The Hall–Kier alpha value is -2.15. The molecule has 0 saturated carbocycles. The van der Waals surface area contributed by atoms with Crippen LogP contribution in [0, 0.1) is 0 Å². The monoisotopic (exact) mass is 314 g/mol. The van der Waals surface area contributed by atoms with E-state index in [9.17, 15) is 0 Å². The second-order valence-electron chi connectivity index (χ2n) is 6.12. The molecule has 0 spiro atoms. The van der Waals surface area contributed by atoms with Gasteiger partial charge in [0.25, 0.3) is 0 Å². The third-order valence-corrected chi connectivity index (χ3v) is 4.38. The van der Waals surface area contributed by atoms with Crippen molar-refractivity contribution in [1.29, 1.82) is 0 Å². The lowest BCUT2D eigenvalue weighted by Crippen LogP contribution is -2.15. The summed E-state index contributed by atoms with van der Waals surface area (Å²) in [6.07, 6.45) is 10.6. The smallest absolute Gasteiger partial charge is 0.154 e. The van der Waals surface area contributed by atoms with Crippen LogP contribution in [0.25, 0.3) is 0 Å². The Morgan fingerprint density at radius 1 is 1.26 bits per heavy atom. The molecule has 0 fully saturated rings. The van der Waals surface area contributed by atoms with Gasteiger partial charge in [-0.2, -0.15) is 5.10 Å². The van der Waals surface area contributed by atoms with Crippen molar-refractivity contribution in [2.24, 2.45) is 0 Å². The van der Waals surface area contributed by atoms with E-state index in [1.165, 1.54) is 18.4 Å². The van der Waals surface area contributed by atoms with Gasteiger partial charge in [0.15, 0.2) is 5.82 Å². The predicted octanol–water partition coefficient (Wildman–Crippen LogP) is 1.62. The number of anilines is 1. The van der Waals surface area contributed by atoms with E-state index in [4.69, 9.17) is 4.74 Å². The maximum atomic E-state index is 5.45. The Bertz CT molecular complexity index is 701. The Labute approximate surface area is 135 Å². The number of aromatic nitrogens is 5. The highest BCUT2D eigenvalue weighted by molar-refractivity contribution is 5.40. The quantitative estimate of drug-likeness (QED) is 0.849. The third-order valence-electron chi connectivity index (χ3n) is 4.38. The molecular weight excluding hydrogens is 292 g/mol. The van der Waals surface area contributed by atoms with Gasteiger partial charge in [-0.05, 0) is 24.8 Å². The van der Waals surface area contributed by atoms with Gasteiger partial charge in [0.2, 0.25) is 0 Å². The number of rotatable bonds is 5. The van der Waals surface area contributed by atoms with E-state index >= 15 is 0 Å². The first-order valence-corrected chi connectivity index (χ1v) is 8.31. The zero-order valence-electron chi connectivity index (χ0n) is 13.2. The van der Waals surface area contributed by atoms with E-state index in [2.05, 4.69) is 31.3 Å². The molecule has 23 heavy (non-hydrogen) atoms. The molecule has 2 aromatic rings. The van der Waals surface area contributed by atoms with Crippen LogP contribution < -0.4 is 5.32 Å². The molecular formula is C16H22N6O. The summed E-state index contributed by atoms with van der Waals surface area (Å²) in [6.45, 7) is 4.07. The standard InChI is InChI=1S/C16H22N6O/c1-2-6-22-15(5-1)19-20-16(22)11-21-10-14(9-18-21)17-8-13-4-3-7-23-12-13/h4,9-10,17H,1-3,5-8,11-12H2. The fourth-order valence-corrected chi connectivity index (χ4v) is 3.12. The summed E-state index contributed by atoms with van der Waals surface area (Å²) in [5.41, 5.74) is 2.32. The first-order chi connectivity index (χ1) is 11.4. The van der Waals surface area contributed by atoms with Crippen LogP contribution in [-0.2, 0) is 24.2 Å². The van der Waals surface area contributed by atoms with E-state index in [0.29, 0.717) is 6.54 Å². The van der Waals surface area contributed by atoms with Gasteiger partial charge in [-0.15, -0.1) is 10.2 Å². The molecule has 0 aromatic carbocycles. The second kappa shape index (κ2) is 6.54. The van der Waals surface area contributed by atoms with E-state index < -0.39 is 0 Å². The van der Waals surface area contributed by atoms with Gasteiger partial charge < -0.3 is 14.6 Å². The van der Waals surface area contributed by atoms with Crippen molar-refractivity contribution in [3.05, 3.63) is 35.7 Å². The molecule has 0 atom stereocenters. The minimum atomic E-state index is 0.667. The van der Waals surface area contributed by atoms with Crippen LogP contribution in [-0.4, -0.2) is 44.3 Å². The number of aryl methyl sites for hydroxylation is 1. The van der Waals surface area contributed by atoms with Crippen molar-refractivity contribution in [3.8, 4) is 0 Å². The van der Waals surface area contributed by atoms with Gasteiger partial charge in [-0.25, -0.2) is 0 Å². The topological polar surface area (TPSA) is 69.8 Å². The van der Waals surface area contributed by atoms with Crippen LogP contribution in [0.1, 0.15) is 30.9 Å². The van der Waals surface area contributed by atoms with Crippen molar-refractivity contribution in [3.63, 3.8) is 0 Å². The van der Waals surface area contributed by atoms with Crippen molar-refractivity contribution >= 4 is 5.69 Å². The van der Waals surface area contributed by atoms with Crippen LogP contribution in [0.15, 0.2) is 24.0 Å². The maximum Gasteiger partial charge on any atom is 0.154 e. The lowest BCUT2D eigenvalue weighted by Gasteiger charge is -2.14.